The van der Waals surface area contributed by atoms with Gasteiger partial charge in [-0.3, -0.25) is 4.79 Å². The van der Waals surface area contributed by atoms with E-state index in [4.69, 9.17) is 9.47 Å². The number of hydrogen-bond donors (Lipinski definition) is 1. The molecule has 1 aromatic carbocycles. The number of nitrogens with zero attached hydrogens (tertiary/aromatic N) is 3. The van der Waals surface area contributed by atoms with Crippen LogP contribution in [0.15, 0.2) is 29.4 Å². The molecule has 1 aromatic heterocycles. The van der Waals surface area contributed by atoms with Crippen molar-refractivity contribution in [3.63, 3.8) is 0 Å². The lowest BCUT2D eigenvalue weighted by atomic mass is 10.1. The molecule has 0 spiro atoms. The van der Waals surface area contributed by atoms with Crippen LogP contribution in [0.4, 0.5) is 0 Å². The van der Waals surface area contributed by atoms with E-state index in [1.165, 1.54) is 11.8 Å². The van der Waals surface area contributed by atoms with Crippen molar-refractivity contribution in [2.75, 3.05) is 30.4 Å². The average molecular weight is 453 g/mol. The van der Waals surface area contributed by atoms with E-state index in [1.54, 1.807) is 0 Å². The number of rotatable bonds is 7. The molecule has 4 rings (SSSR count). The number of benzene rings is 1. The molecule has 2 aromatic rings. The summed E-state index contributed by atoms with van der Waals surface area (Å²) in [6.07, 6.45) is 1.01. The van der Waals surface area contributed by atoms with Gasteiger partial charge in [-0.05, 0) is 24.5 Å². The van der Waals surface area contributed by atoms with Crippen LogP contribution in [-0.4, -0.2) is 65.6 Å². The number of amides is 1. The summed E-state index contributed by atoms with van der Waals surface area (Å²) in [5.74, 6) is 2.75. The number of carbonyl (C=O) groups excluding carboxylic acids is 1. The van der Waals surface area contributed by atoms with E-state index >= 15 is 0 Å². The van der Waals surface area contributed by atoms with Crippen LogP contribution in [0, 0.1) is 5.92 Å². The lowest BCUT2D eigenvalue weighted by Crippen LogP contribution is -2.41. The summed E-state index contributed by atoms with van der Waals surface area (Å²) >= 11 is 1.30. The zero-order valence-electron chi connectivity index (χ0n) is 16.6. The van der Waals surface area contributed by atoms with Gasteiger partial charge in [-0.2, -0.15) is 0 Å². The summed E-state index contributed by atoms with van der Waals surface area (Å²) in [5, 5.41) is 11.8. The van der Waals surface area contributed by atoms with Crippen molar-refractivity contribution in [1.82, 2.24) is 20.1 Å². The second-order valence-electron chi connectivity index (χ2n) is 7.52. The predicted octanol–water partition coefficient (Wildman–Crippen LogP) is 0.841. The van der Waals surface area contributed by atoms with Crippen LogP contribution in [0.25, 0.3) is 0 Å². The Labute approximate surface area is 179 Å². The van der Waals surface area contributed by atoms with Crippen LogP contribution >= 0.6 is 11.8 Å². The molecule has 9 nitrogen and oxygen atoms in total. The maximum Gasteiger partial charge on any atom is 0.230 e. The number of sulfone groups is 1. The zero-order valence-corrected chi connectivity index (χ0v) is 18.2. The Balaban J connectivity index is 1.22. The minimum Gasteiger partial charge on any atom is -0.486 e. The first-order valence-electron chi connectivity index (χ1n) is 9.76. The van der Waals surface area contributed by atoms with Crippen LogP contribution < -0.4 is 14.8 Å². The molecule has 30 heavy (non-hydrogen) atoms. The molecule has 1 saturated heterocycles. The summed E-state index contributed by atoms with van der Waals surface area (Å²) in [5.41, 5.74) is 0. The Bertz CT molecular complexity index is 1020. The fraction of sp³-hybridized carbons (Fsp3) is 0.526. The lowest BCUT2D eigenvalue weighted by Gasteiger charge is -2.26. The maximum absolute atomic E-state index is 12.2. The van der Waals surface area contributed by atoms with Gasteiger partial charge in [-0.1, -0.05) is 23.9 Å². The highest BCUT2D eigenvalue weighted by molar-refractivity contribution is 7.99. The van der Waals surface area contributed by atoms with E-state index < -0.39 is 9.84 Å². The first kappa shape index (κ1) is 21.0. The van der Waals surface area contributed by atoms with Crippen LogP contribution in [0.2, 0.25) is 0 Å². The highest BCUT2D eigenvalue weighted by Gasteiger charge is 2.29. The van der Waals surface area contributed by atoms with E-state index in [0.29, 0.717) is 42.6 Å². The van der Waals surface area contributed by atoms with Crippen molar-refractivity contribution in [1.29, 1.82) is 0 Å². The predicted molar refractivity (Wildman–Crippen MR) is 112 cm³/mol. The van der Waals surface area contributed by atoms with Gasteiger partial charge in [-0.25, -0.2) is 8.42 Å². The molecule has 0 aliphatic carbocycles. The van der Waals surface area contributed by atoms with Gasteiger partial charge in [0.25, 0.3) is 0 Å². The molecule has 1 amide bonds. The average Bonchev–Trinajstić information content (AvgIpc) is 3.26. The smallest absolute Gasteiger partial charge is 0.230 e. The van der Waals surface area contributed by atoms with Crippen molar-refractivity contribution < 1.29 is 22.7 Å². The number of thioether (sulfide) groups is 1. The third-order valence-corrected chi connectivity index (χ3v) is 8.01. The molecule has 1 N–H and O–H groups in total. The van der Waals surface area contributed by atoms with E-state index in [0.717, 1.165) is 5.82 Å². The topological polar surface area (TPSA) is 112 Å². The van der Waals surface area contributed by atoms with Gasteiger partial charge in [0.2, 0.25) is 5.91 Å². The van der Waals surface area contributed by atoms with Crippen molar-refractivity contribution in [3.8, 4) is 11.5 Å². The number of nitrogens with one attached hydrogen (secondary N) is 1. The fourth-order valence-electron chi connectivity index (χ4n) is 3.51. The van der Waals surface area contributed by atoms with Crippen LogP contribution in [0.5, 0.6) is 11.5 Å². The minimum atomic E-state index is -2.91. The molecular formula is C19H24N4O5S2. The summed E-state index contributed by atoms with van der Waals surface area (Å²) < 4.78 is 36.6. The third kappa shape index (κ3) is 5.07. The lowest BCUT2D eigenvalue weighted by molar-refractivity contribution is -0.119. The Morgan fingerprint density at radius 1 is 1.30 bits per heavy atom. The summed E-state index contributed by atoms with van der Waals surface area (Å²) in [7, 11) is -1.07. The summed E-state index contributed by atoms with van der Waals surface area (Å²) in [4.78, 5) is 12.2. The molecule has 0 saturated carbocycles. The second-order valence-corrected chi connectivity index (χ2v) is 10.7. The van der Waals surface area contributed by atoms with Gasteiger partial charge in [0.05, 0.1) is 23.8 Å². The first-order valence-corrected chi connectivity index (χ1v) is 12.6. The van der Waals surface area contributed by atoms with Crippen molar-refractivity contribution >= 4 is 27.5 Å². The van der Waals surface area contributed by atoms with Crippen LogP contribution in [-0.2, 0) is 28.1 Å². The maximum atomic E-state index is 12.2. The van der Waals surface area contributed by atoms with Crippen molar-refractivity contribution in [2.24, 2.45) is 13.0 Å². The van der Waals surface area contributed by atoms with Crippen LogP contribution in [0.1, 0.15) is 12.2 Å². The molecule has 1 fully saturated rings. The van der Waals surface area contributed by atoms with E-state index in [-0.39, 0.29) is 35.2 Å². The number of aromatic nitrogens is 3. The monoisotopic (exact) mass is 452 g/mol. The second kappa shape index (κ2) is 8.84. The first-order chi connectivity index (χ1) is 14.4. The molecular weight excluding hydrogens is 428 g/mol. The van der Waals surface area contributed by atoms with Gasteiger partial charge < -0.3 is 19.4 Å². The van der Waals surface area contributed by atoms with Gasteiger partial charge in [0, 0.05) is 13.5 Å². The number of ether oxygens (including phenoxy) is 2. The molecule has 2 aliphatic rings. The van der Waals surface area contributed by atoms with Crippen molar-refractivity contribution in [2.45, 2.75) is 24.1 Å². The number of para-hydroxylation sites is 2. The number of carbonyl (C=O) groups is 1. The minimum absolute atomic E-state index is 0.0851. The quantitative estimate of drug-likeness (QED) is 0.615. The molecule has 2 atom stereocenters. The Hall–Kier alpha value is -2.27. The molecule has 0 radical (unpaired) electrons. The van der Waals surface area contributed by atoms with E-state index in [2.05, 4.69) is 15.5 Å². The molecule has 3 heterocycles. The largest absolute Gasteiger partial charge is 0.486 e. The fourth-order valence-corrected chi connectivity index (χ4v) is 6.13. The normalized spacial score (nSPS) is 22.0. The standard InChI is InChI=1S/C19H24N4O5S2/c1-23-17(8-13-6-7-30(25,26)12-13)21-22-19(23)29-11-18(24)20-9-14-10-27-15-4-2-3-5-16(15)28-14/h2-5,13-14H,6-12H2,1H3,(H,20,24)/t13-,14+/m1/s1. The highest BCUT2D eigenvalue weighted by Crippen LogP contribution is 2.30. The highest BCUT2D eigenvalue weighted by atomic mass is 32.2. The van der Waals surface area contributed by atoms with E-state index in [1.807, 2.05) is 35.9 Å². The third-order valence-electron chi connectivity index (χ3n) is 5.15. The van der Waals surface area contributed by atoms with Gasteiger partial charge in [0.1, 0.15) is 18.5 Å². The Morgan fingerprint density at radius 3 is 2.87 bits per heavy atom. The van der Waals surface area contributed by atoms with Gasteiger partial charge in [0.15, 0.2) is 26.5 Å². The molecule has 11 heteroatoms. The number of hydrogen-bond acceptors (Lipinski definition) is 8. The Morgan fingerprint density at radius 2 is 2.10 bits per heavy atom. The molecule has 2 aliphatic heterocycles. The summed E-state index contributed by atoms with van der Waals surface area (Å²) in [6.45, 7) is 0.738. The Kier molecular flexibility index (Phi) is 6.19. The van der Waals surface area contributed by atoms with E-state index in [9.17, 15) is 13.2 Å². The van der Waals surface area contributed by atoms with Crippen LogP contribution in [0.3, 0.4) is 0 Å². The molecule has 0 unspecified atom stereocenters. The SMILES string of the molecule is Cn1c(C[C@H]2CCS(=O)(=O)C2)nnc1SCC(=O)NC[C@H]1COc2ccccc2O1. The van der Waals surface area contributed by atoms with Gasteiger partial charge in [-0.15, -0.1) is 10.2 Å². The molecule has 0 bridgehead atoms. The molecule has 162 valence electrons. The summed E-state index contributed by atoms with van der Waals surface area (Å²) in [6, 6.07) is 7.45. The number of fused-ring (bicyclic) bond motifs is 1. The zero-order chi connectivity index (χ0) is 21.1. The van der Waals surface area contributed by atoms with Crippen molar-refractivity contribution in [3.05, 3.63) is 30.1 Å². The van der Waals surface area contributed by atoms with Gasteiger partial charge >= 0.3 is 0 Å².